The highest BCUT2D eigenvalue weighted by molar-refractivity contribution is 7.10. The first-order chi connectivity index (χ1) is 7.79. The van der Waals surface area contributed by atoms with Crippen LogP contribution >= 0.6 is 22.9 Å². The third kappa shape index (κ3) is 3.20. The Labute approximate surface area is 106 Å². The van der Waals surface area contributed by atoms with Gasteiger partial charge in [0.1, 0.15) is 0 Å². The third-order valence-electron chi connectivity index (χ3n) is 3.33. The number of nitrogens with two attached hydrogens (primary N) is 1. The molecule has 16 heavy (non-hydrogen) atoms. The van der Waals surface area contributed by atoms with E-state index in [-0.39, 0.29) is 6.04 Å². The zero-order valence-corrected chi connectivity index (χ0v) is 11.0. The van der Waals surface area contributed by atoms with Gasteiger partial charge in [0.05, 0.1) is 11.1 Å². The zero-order valence-electron chi connectivity index (χ0n) is 9.42. The van der Waals surface area contributed by atoms with E-state index in [1.54, 1.807) is 11.3 Å². The highest BCUT2D eigenvalue weighted by Gasteiger charge is 2.17. The largest absolute Gasteiger partial charge is 0.329 e. The summed E-state index contributed by atoms with van der Waals surface area (Å²) in [5, 5.41) is 6.31. The molecule has 1 aromatic heterocycles. The SMILES string of the molecule is NCC(NCCC1CCC1)c1cc(Cl)cs1. The number of rotatable bonds is 6. The summed E-state index contributed by atoms with van der Waals surface area (Å²) in [6, 6.07) is 2.29. The van der Waals surface area contributed by atoms with Gasteiger partial charge in [0.2, 0.25) is 0 Å². The maximum atomic E-state index is 5.92. The van der Waals surface area contributed by atoms with Crippen LogP contribution in [0.1, 0.15) is 36.6 Å². The van der Waals surface area contributed by atoms with Crippen LogP contribution in [0.2, 0.25) is 5.02 Å². The molecule has 0 amide bonds. The normalized spacial score (nSPS) is 18.4. The second kappa shape index (κ2) is 6.01. The number of halogens is 1. The van der Waals surface area contributed by atoms with Gasteiger partial charge in [0.25, 0.3) is 0 Å². The molecule has 0 saturated heterocycles. The van der Waals surface area contributed by atoms with Gasteiger partial charge in [-0.3, -0.25) is 0 Å². The fraction of sp³-hybridized carbons (Fsp3) is 0.667. The van der Waals surface area contributed by atoms with Gasteiger partial charge in [-0.15, -0.1) is 11.3 Å². The van der Waals surface area contributed by atoms with Crippen molar-refractivity contribution in [3.63, 3.8) is 0 Å². The summed E-state index contributed by atoms with van der Waals surface area (Å²) in [5.74, 6) is 0.956. The molecule has 1 saturated carbocycles. The van der Waals surface area contributed by atoms with E-state index in [0.29, 0.717) is 6.54 Å². The fourth-order valence-electron chi connectivity index (χ4n) is 2.05. The van der Waals surface area contributed by atoms with Crippen molar-refractivity contribution in [2.24, 2.45) is 11.7 Å². The maximum Gasteiger partial charge on any atom is 0.0539 e. The molecule has 1 aliphatic carbocycles. The first-order valence-corrected chi connectivity index (χ1v) is 7.22. The van der Waals surface area contributed by atoms with Crippen LogP contribution in [0.25, 0.3) is 0 Å². The summed E-state index contributed by atoms with van der Waals surface area (Å²) in [4.78, 5) is 1.25. The highest BCUT2D eigenvalue weighted by Crippen LogP contribution is 2.29. The molecule has 0 radical (unpaired) electrons. The molecular weight excluding hydrogens is 240 g/mol. The molecule has 2 rings (SSSR count). The van der Waals surface area contributed by atoms with Crippen LogP contribution in [-0.4, -0.2) is 13.1 Å². The van der Waals surface area contributed by atoms with E-state index in [4.69, 9.17) is 17.3 Å². The van der Waals surface area contributed by atoms with Gasteiger partial charge in [-0.1, -0.05) is 30.9 Å². The van der Waals surface area contributed by atoms with Crippen molar-refractivity contribution in [3.8, 4) is 0 Å². The molecule has 0 aliphatic heterocycles. The molecular formula is C12H19ClN2S. The van der Waals surface area contributed by atoms with Crippen LogP contribution < -0.4 is 11.1 Å². The molecule has 0 aromatic carbocycles. The van der Waals surface area contributed by atoms with E-state index < -0.39 is 0 Å². The summed E-state index contributed by atoms with van der Waals surface area (Å²) in [7, 11) is 0. The minimum Gasteiger partial charge on any atom is -0.329 e. The van der Waals surface area contributed by atoms with Gasteiger partial charge in [0, 0.05) is 16.8 Å². The first kappa shape index (κ1) is 12.4. The average molecular weight is 259 g/mol. The second-order valence-corrected chi connectivity index (χ2v) is 5.87. The van der Waals surface area contributed by atoms with Crippen molar-refractivity contribution < 1.29 is 0 Å². The Morgan fingerprint density at radius 3 is 2.88 bits per heavy atom. The van der Waals surface area contributed by atoms with Gasteiger partial charge >= 0.3 is 0 Å². The average Bonchev–Trinajstić information content (AvgIpc) is 2.62. The number of thiophene rings is 1. The van der Waals surface area contributed by atoms with E-state index in [1.807, 2.05) is 11.4 Å². The molecule has 90 valence electrons. The van der Waals surface area contributed by atoms with Crippen molar-refractivity contribution in [3.05, 3.63) is 21.3 Å². The third-order valence-corrected chi connectivity index (χ3v) is 4.73. The summed E-state index contributed by atoms with van der Waals surface area (Å²) in [6.07, 6.45) is 5.54. The van der Waals surface area contributed by atoms with Crippen molar-refractivity contribution in [1.29, 1.82) is 0 Å². The van der Waals surface area contributed by atoms with Crippen molar-refractivity contribution in [1.82, 2.24) is 5.32 Å². The van der Waals surface area contributed by atoms with E-state index in [9.17, 15) is 0 Å². The first-order valence-electron chi connectivity index (χ1n) is 5.97. The minimum absolute atomic E-state index is 0.276. The fourth-order valence-corrected chi connectivity index (χ4v) is 3.23. The predicted octanol–water partition coefficient (Wildman–Crippen LogP) is 3.18. The van der Waals surface area contributed by atoms with Gasteiger partial charge in [-0.2, -0.15) is 0 Å². The van der Waals surface area contributed by atoms with Crippen LogP contribution in [0.15, 0.2) is 11.4 Å². The van der Waals surface area contributed by atoms with Gasteiger partial charge < -0.3 is 11.1 Å². The topological polar surface area (TPSA) is 38.0 Å². The van der Waals surface area contributed by atoms with Crippen LogP contribution in [0.5, 0.6) is 0 Å². The predicted molar refractivity (Wildman–Crippen MR) is 71.1 cm³/mol. The van der Waals surface area contributed by atoms with Crippen molar-refractivity contribution >= 4 is 22.9 Å². The maximum absolute atomic E-state index is 5.92. The van der Waals surface area contributed by atoms with Crippen LogP contribution in [0, 0.1) is 5.92 Å². The monoisotopic (exact) mass is 258 g/mol. The molecule has 4 heteroatoms. The Kier molecular flexibility index (Phi) is 4.65. The lowest BCUT2D eigenvalue weighted by atomic mass is 9.83. The lowest BCUT2D eigenvalue weighted by molar-refractivity contribution is 0.288. The molecule has 0 bridgehead atoms. The number of hydrogen-bond acceptors (Lipinski definition) is 3. The summed E-state index contributed by atoms with van der Waals surface area (Å²) in [5.41, 5.74) is 5.78. The highest BCUT2D eigenvalue weighted by atomic mass is 35.5. The summed E-state index contributed by atoms with van der Waals surface area (Å²) in [6.45, 7) is 1.71. The molecule has 3 N–H and O–H groups in total. The molecule has 1 aliphatic rings. The molecule has 1 unspecified atom stereocenters. The van der Waals surface area contributed by atoms with Crippen molar-refractivity contribution in [2.75, 3.05) is 13.1 Å². The Hall–Kier alpha value is -0.0900. The molecule has 1 fully saturated rings. The van der Waals surface area contributed by atoms with Crippen LogP contribution in [0.3, 0.4) is 0 Å². The molecule has 1 atom stereocenters. The lowest BCUT2D eigenvalue weighted by Crippen LogP contribution is -2.30. The van der Waals surface area contributed by atoms with Gasteiger partial charge in [0.15, 0.2) is 0 Å². The Morgan fingerprint density at radius 1 is 1.56 bits per heavy atom. The Bertz CT molecular complexity index is 323. The number of nitrogens with one attached hydrogen (secondary N) is 1. The van der Waals surface area contributed by atoms with E-state index in [0.717, 1.165) is 17.5 Å². The lowest BCUT2D eigenvalue weighted by Gasteiger charge is -2.26. The quantitative estimate of drug-likeness (QED) is 0.823. The summed E-state index contributed by atoms with van der Waals surface area (Å²) >= 11 is 7.61. The Morgan fingerprint density at radius 2 is 2.38 bits per heavy atom. The second-order valence-electron chi connectivity index (χ2n) is 4.50. The number of hydrogen-bond donors (Lipinski definition) is 2. The minimum atomic E-state index is 0.276. The Balaban J connectivity index is 1.76. The standard InChI is InChI=1S/C12H19ClN2S/c13-10-6-12(16-8-10)11(7-14)15-5-4-9-2-1-3-9/h6,8-9,11,15H,1-5,7,14H2. The smallest absolute Gasteiger partial charge is 0.0539 e. The van der Waals surface area contributed by atoms with Crippen LogP contribution in [0.4, 0.5) is 0 Å². The molecule has 0 spiro atoms. The van der Waals surface area contributed by atoms with Crippen LogP contribution in [-0.2, 0) is 0 Å². The molecule has 1 heterocycles. The van der Waals surface area contributed by atoms with E-state index in [2.05, 4.69) is 5.32 Å². The molecule has 2 nitrogen and oxygen atoms in total. The zero-order chi connectivity index (χ0) is 11.4. The van der Waals surface area contributed by atoms with Gasteiger partial charge in [-0.25, -0.2) is 0 Å². The molecule has 1 aromatic rings. The van der Waals surface area contributed by atoms with Crippen molar-refractivity contribution in [2.45, 2.75) is 31.7 Å². The van der Waals surface area contributed by atoms with E-state index in [1.165, 1.54) is 30.6 Å². The van der Waals surface area contributed by atoms with E-state index >= 15 is 0 Å². The summed E-state index contributed by atoms with van der Waals surface area (Å²) < 4.78 is 0. The van der Waals surface area contributed by atoms with Gasteiger partial charge in [-0.05, 0) is 24.9 Å².